The molecule has 2 unspecified atom stereocenters. The van der Waals surface area contributed by atoms with Crippen LogP contribution in [-0.2, 0) is 4.74 Å². The van der Waals surface area contributed by atoms with Gasteiger partial charge in [-0.3, -0.25) is 4.79 Å². The van der Waals surface area contributed by atoms with Gasteiger partial charge in [0.1, 0.15) is 0 Å². The summed E-state index contributed by atoms with van der Waals surface area (Å²) in [6.45, 7) is 3.30. The van der Waals surface area contributed by atoms with Gasteiger partial charge in [-0.15, -0.1) is 0 Å². The fourth-order valence-electron chi connectivity index (χ4n) is 2.23. The van der Waals surface area contributed by atoms with E-state index in [0.29, 0.717) is 18.2 Å². The van der Waals surface area contributed by atoms with Crippen molar-refractivity contribution < 1.29 is 19.4 Å². The molecule has 1 aromatic carbocycles. The average molecular weight is 265 g/mol. The molecule has 2 N–H and O–H groups in total. The number of benzene rings is 1. The lowest BCUT2D eigenvalue weighted by Gasteiger charge is -2.15. The van der Waals surface area contributed by atoms with Gasteiger partial charge in [-0.25, -0.2) is 0 Å². The van der Waals surface area contributed by atoms with Crippen LogP contribution in [0, 0.1) is 5.92 Å². The Kier molecular flexibility index (Phi) is 4.27. The first kappa shape index (κ1) is 13.7. The summed E-state index contributed by atoms with van der Waals surface area (Å²) in [5.41, 5.74) is 0.228. The van der Waals surface area contributed by atoms with Crippen molar-refractivity contribution in [3.8, 4) is 11.5 Å². The molecule has 0 saturated carbocycles. The summed E-state index contributed by atoms with van der Waals surface area (Å²) in [4.78, 5) is 12.0. The van der Waals surface area contributed by atoms with Gasteiger partial charge in [-0.2, -0.15) is 0 Å². The zero-order valence-corrected chi connectivity index (χ0v) is 11.2. The summed E-state index contributed by atoms with van der Waals surface area (Å²) < 4.78 is 10.4. The van der Waals surface area contributed by atoms with Crippen LogP contribution in [0.2, 0.25) is 0 Å². The molecule has 1 fully saturated rings. The highest BCUT2D eigenvalue weighted by atomic mass is 16.5. The number of rotatable bonds is 4. The van der Waals surface area contributed by atoms with Crippen LogP contribution < -0.4 is 10.1 Å². The largest absolute Gasteiger partial charge is 0.504 e. The van der Waals surface area contributed by atoms with Crippen LogP contribution >= 0.6 is 0 Å². The molecule has 1 heterocycles. The molecule has 0 aliphatic carbocycles. The lowest BCUT2D eigenvalue weighted by molar-refractivity contribution is 0.0904. The molecule has 5 heteroatoms. The van der Waals surface area contributed by atoms with Crippen LogP contribution in [-0.4, -0.2) is 37.4 Å². The summed E-state index contributed by atoms with van der Waals surface area (Å²) >= 11 is 0. The summed E-state index contributed by atoms with van der Waals surface area (Å²) in [7, 11) is 1.45. The van der Waals surface area contributed by atoms with Crippen molar-refractivity contribution in [3.63, 3.8) is 0 Å². The van der Waals surface area contributed by atoms with Crippen LogP contribution in [0.5, 0.6) is 11.5 Å². The number of ether oxygens (including phenoxy) is 2. The van der Waals surface area contributed by atoms with Crippen molar-refractivity contribution >= 4 is 5.91 Å². The molecule has 0 radical (unpaired) electrons. The Morgan fingerprint density at radius 1 is 1.58 bits per heavy atom. The fraction of sp³-hybridized carbons (Fsp3) is 0.500. The Hall–Kier alpha value is -1.75. The molecule has 104 valence electrons. The van der Waals surface area contributed by atoms with Crippen molar-refractivity contribution in [1.82, 2.24) is 5.32 Å². The van der Waals surface area contributed by atoms with E-state index < -0.39 is 0 Å². The number of hydrogen-bond donors (Lipinski definition) is 2. The van der Waals surface area contributed by atoms with Crippen LogP contribution in [0.4, 0.5) is 0 Å². The normalized spacial score (nSPS) is 22.2. The molecule has 0 aromatic heterocycles. The molecule has 5 nitrogen and oxygen atoms in total. The first-order chi connectivity index (χ1) is 9.13. The zero-order valence-electron chi connectivity index (χ0n) is 11.2. The van der Waals surface area contributed by atoms with E-state index in [-0.39, 0.29) is 23.3 Å². The number of para-hydroxylation sites is 1. The maximum Gasteiger partial charge on any atom is 0.255 e. The molecule has 1 aromatic rings. The lowest BCUT2D eigenvalue weighted by atomic mass is 10.0. The minimum absolute atomic E-state index is 0.127. The lowest BCUT2D eigenvalue weighted by Crippen LogP contribution is -2.32. The SMILES string of the molecule is COc1cccc(C(=O)NCC2CCOC2C)c1O. The van der Waals surface area contributed by atoms with E-state index in [0.717, 1.165) is 13.0 Å². The number of hydrogen-bond acceptors (Lipinski definition) is 4. The van der Waals surface area contributed by atoms with Gasteiger partial charge in [0.05, 0.1) is 18.8 Å². The Labute approximate surface area is 112 Å². The molecule has 1 saturated heterocycles. The predicted octanol–water partition coefficient (Wildman–Crippen LogP) is 1.56. The topological polar surface area (TPSA) is 67.8 Å². The quantitative estimate of drug-likeness (QED) is 0.867. The van der Waals surface area contributed by atoms with E-state index >= 15 is 0 Å². The second-order valence-electron chi connectivity index (χ2n) is 4.69. The second-order valence-corrected chi connectivity index (χ2v) is 4.69. The maximum atomic E-state index is 12.0. The van der Waals surface area contributed by atoms with E-state index in [1.807, 2.05) is 6.92 Å². The first-order valence-electron chi connectivity index (χ1n) is 6.39. The molecule has 2 atom stereocenters. The van der Waals surface area contributed by atoms with E-state index in [2.05, 4.69) is 5.32 Å². The van der Waals surface area contributed by atoms with Gasteiger partial charge in [-0.05, 0) is 25.5 Å². The smallest absolute Gasteiger partial charge is 0.255 e. The van der Waals surface area contributed by atoms with Crippen molar-refractivity contribution in [2.24, 2.45) is 5.92 Å². The predicted molar refractivity (Wildman–Crippen MR) is 70.5 cm³/mol. The van der Waals surface area contributed by atoms with Gasteiger partial charge in [0.25, 0.3) is 5.91 Å². The minimum atomic E-state index is -0.296. The highest BCUT2D eigenvalue weighted by molar-refractivity contribution is 5.97. The van der Waals surface area contributed by atoms with E-state index in [1.54, 1.807) is 18.2 Å². The molecule has 1 aliphatic rings. The molecule has 1 aliphatic heterocycles. The molecule has 0 spiro atoms. The number of phenolic OH excluding ortho intramolecular Hbond substituents is 1. The number of amides is 1. The molecule has 1 amide bonds. The third-order valence-corrected chi connectivity index (χ3v) is 3.52. The molecule has 0 bridgehead atoms. The minimum Gasteiger partial charge on any atom is -0.504 e. The van der Waals surface area contributed by atoms with Crippen LogP contribution in [0.3, 0.4) is 0 Å². The Morgan fingerprint density at radius 2 is 2.37 bits per heavy atom. The van der Waals surface area contributed by atoms with E-state index in [1.165, 1.54) is 7.11 Å². The van der Waals surface area contributed by atoms with Gasteiger partial charge < -0.3 is 19.9 Å². The Balaban J connectivity index is 2.00. The van der Waals surface area contributed by atoms with Crippen LogP contribution in [0.15, 0.2) is 18.2 Å². The molecule has 2 rings (SSSR count). The molecule has 19 heavy (non-hydrogen) atoms. The summed E-state index contributed by atoms with van der Waals surface area (Å²) in [6.07, 6.45) is 1.12. The third kappa shape index (κ3) is 2.98. The highest BCUT2D eigenvalue weighted by Gasteiger charge is 2.25. The van der Waals surface area contributed by atoms with Gasteiger partial charge in [0.15, 0.2) is 11.5 Å². The Morgan fingerprint density at radius 3 is 3.00 bits per heavy atom. The standard InChI is InChI=1S/C14H19NO4/c1-9-10(6-7-19-9)8-15-14(17)11-4-3-5-12(18-2)13(11)16/h3-5,9-10,16H,6-8H2,1-2H3,(H,15,17). The van der Waals surface area contributed by atoms with Crippen molar-refractivity contribution in [1.29, 1.82) is 0 Å². The third-order valence-electron chi connectivity index (χ3n) is 3.52. The van der Waals surface area contributed by atoms with Crippen LogP contribution in [0.1, 0.15) is 23.7 Å². The molecular weight excluding hydrogens is 246 g/mol. The number of carbonyl (C=O) groups excluding carboxylic acids is 1. The van der Waals surface area contributed by atoms with Crippen molar-refractivity contribution in [3.05, 3.63) is 23.8 Å². The van der Waals surface area contributed by atoms with Crippen molar-refractivity contribution in [2.75, 3.05) is 20.3 Å². The number of aromatic hydroxyl groups is 1. The maximum absolute atomic E-state index is 12.0. The number of phenols is 1. The monoisotopic (exact) mass is 265 g/mol. The first-order valence-corrected chi connectivity index (χ1v) is 6.39. The number of carbonyl (C=O) groups is 1. The Bertz CT molecular complexity index is 461. The van der Waals surface area contributed by atoms with Crippen molar-refractivity contribution in [2.45, 2.75) is 19.4 Å². The van der Waals surface area contributed by atoms with E-state index in [9.17, 15) is 9.90 Å². The number of methoxy groups -OCH3 is 1. The van der Waals surface area contributed by atoms with Crippen LogP contribution in [0.25, 0.3) is 0 Å². The highest BCUT2D eigenvalue weighted by Crippen LogP contribution is 2.29. The molecular formula is C14H19NO4. The average Bonchev–Trinajstić information content (AvgIpc) is 2.82. The van der Waals surface area contributed by atoms with Gasteiger partial charge in [0.2, 0.25) is 0 Å². The number of nitrogens with one attached hydrogen (secondary N) is 1. The van der Waals surface area contributed by atoms with E-state index in [4.69, 9.17) is 9.47 Å². The fourth-order valence-corrected chi connectivity index (χ4v) is 2.23. The zero-order chi connectivity index (χ0) is 13.8. The van der Waals surface area contributed by atoms with Gasteiger partial charge >= 0.3 is 0 Å². The van der Waals surface area contributed by atoms with Gasteiger partial charge in [-0.1, -0.05) is 6.07 Å². The van der Waals surface area contributed by atoms with Gasteiger partial charge in [0, 0.05) is 19.1 Å². The summed E-state index contributed by atoms with van der Waals surface area (Å²) in [5.74, 6) is 0.204. The summed E-state index contributed by atoms with van der Waals surface area (Å²) in [6, 6.07) is 4.86. The summed E-state index contributed by atoms with van der Waals surface area (Å²) in [5, 5.41) is 12.7. The second kappa shape index (κ2) is 5.93.